The van der Waals surface area contributed by atoms with Gasteiger partial charge in [-0.1, -0.05) is 6.92 Å². The van der Waals surface area contributed by atoms with Crippen LogP contribution < -0.4 is 0 Å². The van der Waals surface area contributed by atoms with Gasteiger partial charge in [-0.2, -0.15) is 0 Å². The largest absolute Gasteiger partial charge is 0.343 e. The summed E-state index contributed by atoms with van der Waals surface area (Å²) in [6.45, 7) is 1.27. The molecule has 1 unspecified atom stereocenters. The Balaban J connectivity index is 4.23. The van der Waals surface area contributed by atoms with Gasteiger partial charge in [-0.05, 0) is 6.55 Å². The molecule has 0 nitrogen and oxygen atoms in total. The van der Waals surface area contributed by atoms with E-state index in [0.29, 0.717) is 0 Å². The van der Waals surface area contributed by atoms with Crippen molar-refractivity contribution in [3.05, 3.63) is 0 Å². The molecule has 0 spiro atoms. The van der Waals surface area contributed by atoms with Crippen LogP contribution in [0.3, 0.4) is 0 Å². The average Bonchev–Trinajstić information content (AvgIpc) is 1.59. The summed E-state index contributed by atoms with van der Waals surface area (Å²) < 4.78 is 0. The van der Waals surface area contributed by atoms with E-state index < -0.39 is 12.7 Å². The van der Waals surface area contributed by atoms with Gasteiger partial charge in [0.15, 0.2) is 0 Å². The highest BCUT2D eigenvalue weighted by Gasteiger charge is 2.45. The fraction of sp³-hybridized carbons (Fsp3) is 1.00. The zero-order valence-corrected chi connectivity index (χ0v) is 11.2. The van der Waals surface area contributed by atoms with Gasteiger partial charge in [0.05, 0.1) is 0 Å². The summed E-state index contributed by atoms with van der Waals surface area (Å²) in [5.41, 5.74) is 0. The molecule has 0 aliphatic rings. The molecule has 7 heteroatoms. The Morgan fingerprint density at radius 2 is 1.30 bits per heavy atom. The van der Waals surface area contributed by atoms with Crippen molar-refractivity contribution < 1.29 is 0 Å². The van der Waals surface area contributed by atoms with Crippen LogP contribution in [0.15, 0.2) is 0 Å². The van der Waals surface area contributed by atoms with E-state index in [0.717, 1.165) is 0 Å². The predicted octanol–water partition coefficient (Wildman–Crippen LogP) is 4.12. The Kier molecular flexibility index (Phi) is 4.43. The fourth-order valence-electron chi connectivity index (χ4n) is 0.287. The molecule has 0 saturated heterocycles. The zero-order chi connectivity index (χ0) is 8.58. The summed E-state index contributed by atoms with van der Waals surface area (Å²) in [4.78, 5) is 0. The van der Waals surface area contributed by atoms with Crippen LogP contribution in [0, 0.1) is 0 Å². The van der Waals surface area contributed by atoms with Gasteiger partial charge in [0.1, 0.15) is 0 Å². The SMILES string of the molecule is CC([Si](C)(Cl)Cl)[Si](Cl)(Cl)Cl. The van der Waals surface area contributed by atoms with Gasteiger partial charge in [-0.15, -0.1) is 55.4 Å². The molecule has 0 radical (unpaired) electrons. The lowest BCUT2D eigenvalue weighted by atomic mass is 10.9. The highest BCUT2D eigenvalue weighted by atomic mass is 35.8. The second-order valence-corrected chi connectivity index (χ2v) is 19.9. The molecule has 0 amide bonds. The third-order valence-electron chi connectivity index (χ3n) is 1.25. The number of hydrogen-bond donors (Lipinski definition) is 0. The normalized spacial score (nSPS) is 17.1. The van der Waals surface area contributed by atoms with Crippen molar-refractivity contribution in [1.29, 1.82) is 0 Å². The Morgan fingerprint density at radius 1 is 1.00 bits per heavy atom. The molecule has 0 heterocycles. The molecule has 0 fully saturated rings. The van der Waals surface area contributed by atoms with Crippen LogP contribution in [0.1, 0.15) is 6.92 Å². The first-order valence-corrected chi connectivity index (χ1v) is 12.3. The van der Waals surface area contributed by atoms with Crippen molar-refractivity contribution in [1.82, 2.24) is 0 Å². The van der Waals surface area contributed by atoms with Crippen LogP contribution in [-0.4, -0.2) is 12.7 Å². The van der Waals surface area contributed by atoms with E-state index in [9.17, 15) is 0 Å². The molecule has 0 aliphatic heterocycles. The first-order chi connectivity index (χ1) is 4.15. The zero-order valence-electron chi connectivity index (χ0n) is 5.47. The summed E-state index contributed by atoms with van der Waals surface area (Å²) >= 11 is 28.8. The standard InChI is InChI=1S/C3H7Cl5Si2/c1-3(9(2,4)5)10(6,7)8/h3H,1-2H3. The second kappa shape index (κ2) is 3.73. The maximum atomic E-state index is 5.85. The van der Waals surface area contributed by atoms with Crippen molar-refractivity contribution in [2.24, 2.45) is 0 Å². The van der Waals surface area contributed by atoms with Crippen molar-refractivity contribution in [2.75, 3.05) is 0 Å². The lowest BCUT2D eigenvalue weighted by Crippen LogP contribution is -2.33. The van der Waals surface area contributed by atoms with Gasteiger partial charge >= 0.3 is 6.00 Å². The van der Waals surface area contributed by atoms with E-state index in [2.05, 4.69) is 0 Å². The van der Waals surface area contributed by atoms with E-state index in [1.165, 1.54) is 0 Å². The van der Waals surface area contributed by atoms with Gasteiger partial charge in [0.2, 0.25) is 0 Å². The minimum absolute atomic E-state index is 0.131. The Hall–Kier alpha value is 1.88. The van der Waals surface area contributed by atoms with E-state index in [-0.39, 0.29) is 5.16 Å². The van der Waals surface area contributed by atoms with E-state index in [1.807, 2.05) is 0 Å². The average molecular weight is 277 g/mol. The molecule has 0 aromatic heterocycles. The van der Waals surface area contributed by atoms with Crippen LogP contribution in [0.25, 0.3) is 0 Å². The maximum absolute atomic E-state index is 5.85. The Labute approximate surface area is 86.3 Å². The number of rotatable bonds is 2. The highest BCUT2D eigenvalue weighted by molar-refractivity contribution is 7.70. The molecule has 62 valence electrons. The van der Waals surface area contributed by atoms with E-state index >= 15 is 0 Å². The Morgan fingerprint density at radius 3 is 1.30 bits per heavy atom. The summed E-state index contributed by atoms with van der Waals surface area (Å²) in [7, 11) is 0. The third kappa shape index (κ3) is 4.05. The summed E-state index contributed by atoms with van der Waals surface area (Å²) in [5, 5.41) is -0.131. The van der Waals surface area contributed by atoms with Gasteiger partial charge < -0.3 is 0 Å². The monoisotopic (exact) mass is 274 g/mol. The lowest BCUT2D eigenvalue weighted by Gasteiger charge is -2.24. The first-order valence-electron chi connectivity index (χ1n) is 2.60. The smallest absolute Gasteiger partial charge is 0.146 e. The topological polar surface area (TPSA) is 0 Å². The molecule has 0 saturated carbocycles. The first kappa shape index (κ1) is 11.9. The molecule has 10 heavy (non-hydrogen) atoms. The van der Waals surface area contributed by atoms with Crippen LogP contribution in [-0.2, 0) is 0 Å². The van der Waals surface area contributed by atoms with Crippen LogP contribution in [0.2, 0.25) is 11.7 Å². The molecule has 0 aliphatic carbocycles. The summed E-state index contributed by atoms with van der Waals surface area (Å²) in [6, 6.07) is -2.68. The molecule has 1 atom stereocenters. The summed E-state index contributed by atoms with van der Waals surface area (Å²) in [5.74, 6) is 0. The van der Waals surface area contributed by atoms with Gasteiger partial charge in [-0.3, -0.25) is 0 Å². The van der Waals surface area contributed by atoms with Crippen LogP contribution in [0.5, 0.6) is 0 Å². The molecule has 0 bridgehead atoms. The van der Waals surface area contributed by atoms with Gasteiger partial charge in [0, 0.05) is 5.16 Å². The van der Waals surface area contributed by atoms with Crippen molar-refractivity contribution >= 4 is 68.1 Å². The molecule has 0 aromatic carbocycles. The maximum Gasteiger partial charge on any atom is 0.343 e. The summed E-state index contributed by atoms with van der Waals surface area (Å²) in [6.07, 6.45) is 0. The highest BCUT2D eigenvalue weighted by Crippen LogP contribution is 2.43. The minimum atomic E-state index is -2.68. The van der Waals surface area contributed by atoms with Gasteiger partial charge in [0.25, 0.3) is 6.69 Å². The Bertz CT molecular complexity index is 99.0. The van der Waals surface area contributed by atoms with E-state index in [4.69, 9.17) is 55.4 Å². The number of halogens is 5. The van der Waals surface area contributed by atoms with E-state index in [1.54, 1.807) is 13.5 Å². The molecule has 0 aromatic rings. The fourth-order valence-corrected chi connectivity index (χ4v) is 14.4. The second-order valence-electron chi connectivity index (χ2n) is 2.22. The molecular formula is C3H7Cl5Si2. The van der Waals surface area contributed by atoms with Gasteiger partial charge in [-0.25, -0.2) is 0 Å². The van der Waals surface area contributed by atoms with Crippen molar-refractivity contribution in [3.63, 3.8) is 0 Å². The predicted molar refractivity (Wildman–Crippen MR) is 56.1 cm³/mol. The van der Waals surface area contributed by atoms with Crippen molar-refractivity contribution in [2.45, 2.75) is 18.6 Å². The third-order valence-corrected chi connectivity index (χ3v) is 14.4. The lowest BCUT2D eigenvalue weighted by molar-refractivity contribution is 1.30. The van der Waals surface area contributed by atoms with Crippen LogP contribution in [0.4, 0.5) is 0 Å². The number of hydrogen-bond acceptors (Lipinski definition) is 0. The minimum Gasteiger partial charge on any atom is -0.146 e. The quantitative estimate of drug-likeness (QED) is 0.526. The van der Waals surface area contributed by atoms with Crippen molar-refractivity contribution in [3.8, 4) is 0 Å². The molecule has 0 rings (SSSR count). The van der Waals surface area contributed by atoms with Crippen LogP contribution >= 0.6 is 55.4 Å². The molecular weight excluding hydrogens is 269 g/mol. The molecule has 0 N–H and O–H groups in total.